The number of hydrogen-bond acceptors (Lipinski definition) is 5. The zero-order valence-corrected chi connectivity index (χ0v) is 16.9. The number of piperidine rings is 1. The topological polar surface area (TPSA) is 112 Å². The molecule has 1 saturated heterocycles. The van der Waals surface area contributed by atoms with Gasteiger partial charge in [-0.25, -0.2) is 4.98 Å². The second kappa shape index (κ2) is 8.27. The maximum Gasteiger partial charge on any atom is 0.270 e. The molecule has 2 amide bonds. The monoisotopic (exact) mass is 411 g/mol. The van der Waals surface area contributed by atoms with E-state index in [1.165, 1.54) is 4.40 Å². The number of amides is 2. The Kier molecular flexibility index (Phi) is 5.54. The number of nitrogens with zero attached hydrogens (tertiary/aromatic N) is 4. The summed E-state index contributed by atoms with van der Waals surface area (Å²) in [5.41, 5.74) is 6.66. The van der Waals surface area contributed by atoms with Gasteiger partial charge in [0.2, 0.25) is 5.91 Å². The number of primary amides is 1. The van der Waals surface area contributed by atoms with E-state index in [0.717, 1.165) is 0 Å². The highest BCUT2D eigenvalue weighted by atomic mass is 16.5. The number of nitrogens with two attached hydrogens (primary N) is 1. The highest BCUT2D eigenvalue weighted by Gasteiger charge is 2.29. The summed E-state index contributed by atoms with van der Waals surface area (Å²) < 4.78 is 8.45. The number of likely N-dealkylation sites (tertiary alicyclic amines) is 1. The van der Waals surface area contributed by atoms with Crippen molar-refractivity contribution in [1.82, 2.24) is 18.9 Å². The van der Waals surface area contributed by atoms with Gasteiger partial charge in [0.15, 0.2) is 0 Å². The lowest BCUT2D eigenvalue weighted by atomic mass is 9.96. The standard InChI is InChI=1S/C21H25N5O4/c1-30-12-4-9-25-16(21(29)24-10-6-14(7-11-24)18(22)27)13-15-19(25)23-17-5-2-3-8-26(17)20(15)28/h2-3,5,8,13-14H,4,6-7,9-12H2,1H3,(H2,22,27). The number of fused-ring (bicyclic) bond motifs is 2. The van der Waals surface area contributed by atoms with Crippen molar-refractivity contribution in [2.24, 2.45) is 11.7 Å². The van der Waals surface area contributed by atoms with Crippen molar-refractivity contribution >= 4 is 28.5 Å². The molecule has 9 heteroatoms. The fourth-order valence-electron chi connectivity index (χ4n) is 4.05. The first-order valence-electron chi connectivity index (χ1n) is 10.1. The van der Waals surface area contributed by atoms with E-state index in [4.69, 9.17) is 10.5 Å². The predicted molar refractivity (Wildman–Crippen MR) is 111 cm³/mol. The lowest BCUT2D eigenvalue weighted by Crippen LogP contribution is -2.42. The molecule has 2 N–H and O–H groups in total. The number of methoxy groups -OCH3 is 1. The van der Waals surface area contributed by atoms with Crippen molar-refractivity contribution in [2.45, 2.75) is 25.8 Å². The number of aromatic nitrogens is 3. The Hall–Kier alpha value is -3.20. The molecule has 4 heterocycles. The zero-order valence-electron chi connectivity index (χ0n) is 16.9. The van der Waals surface area contributed by atoms with Gasteiger partial charge in [0.1, 0.15) is 17.0 Å². The van der Waals surface area contributed by atoms with Crippen LogP contribution in [0.4, 0.5) is 0 Å². The molecule has 1 aliphatic heterocycles. The number of aryl methyl sites for hydroxylation is 1. The molecule has 0 spiro atoms. The molecular weight excluding hydrogens is 386 g/mol. The van der Waals surface area contributed by atoms with E-state index in [1.807, 2.05) is 10.6 Å². The van der Waals surface area contributed by atoms with Crippen molar-refractivity contribution in [3.63, 3.8) is 0 Å². The molecule has 0 atom stereocenters. The van der Waals surface area contributed by atoms with Crippen molar-refractivity contribution in [3.05, 3.63) is 46.5 Å². The fourth-order valence-corrected chi connectivity index (χ4v) is 4.05. The van der Waals surface area contributed by atoms with Gasteiger partial charge in [0.25, 0.3) is 11.5 Å². The normalized spacial score (nSPS) is 15.2. The maximum atomic E-state index is 13.3. The SMILES string of the molecule is COCCCn1c(C(=O)N2CCC(C(N)=O)CC2)cc2c(=O)n3ccccc3nc21. The minimum atomic E-state index is -0.320. The third-order valence-electron chi connectivity index (χ3n) is 5.71. The molecule has 30 heavy (non-hydrogen) atoms. The van der Waals surface area contributed by atoms with Crippen LogP contribution >= 0.6 is 0 Å². The van der Waals surface area contributed by atoms with E-state index < -0.39 is 0 Å². The lowest BCUT2D eigenvalue weighted by Gasteiger charge is -2.30. The highest BCUT2D eigenvalue weighted by molar-refractivity contribution is 5.98. The second-order valence-electron chi connectivity index (χ2n) is 7.58. The molecule has 4 rings (SSSR count). The van der Waals surface area contributed by atoms with Gasteiger partial charge in [-0.3, -0.25) is 18.8 Å². The van der Waals surface area contributed by atoms with Crippen molar-refractivity contribution in [1.29, 1.82) is 0 Å². The van der Waals surface area contributed by atoms with Gasteiger partial charge in [-0.05, 0) is 37.5 Å². The molecule has 0 aromatic carbocycles. The first-order valence-corrected chi connectivity index (χ1v) is 10.1. The highest BCUT2D eigenvalue weighted by Crippen LogP contribution is 2.22. The predicted octanol–water partition coefficient (Wildman–Crippen LogP) is 1.02. The van der Waals surface area contributed by atoms with Gasteiger partial charge in [-0.1, -0.05) is 6.07 Å². The van der Waals surface area contributed by atoms with Crippen LogP contribution in [0.15, 0.2) is 35.3 Å². The van der Waals surface area contributed by atoms with E-state index in [0.29, 0.717) is 67.9 Å². The van der Waals surface area contributed by atoms with E-state index in [9.17, 15) is 14.4 Å². The molecule has 0 saturated carbocycles. The summed E-state index contributed by atoms with van der Waals surface area (Å²) in [6.07, 6.45) is 3.45. The van der Waals surface area contributed by atoms with Crippen LogP contribution in [0, 0.1) is 5.92 Å². The molecule has 9 nitrogen and oxygen atoms in total. The summed E-state index contributed by atoms with van der Waals surface area (Å²) in [5, 5.41) is 0.409. The van der Waals surface area contributed by atoms with Crippen LogP contribution in [0.25, 0.3) is 16.7 Å². The van der Waals surface area contributed by atoms with Crippen LogP contribution in [-0.4, -0.2) is 57.5 Å². The second-order valence-corrected chi connectivity index (χ2v) is 7.58. The Labute approximate surface area is 173 Å². The number of hydrogen-bond donors (Lipinski definition) is 1. The van der Waals surface area contributed by atoms with Crippen molar-refractivity contribution in [2.75, 3.05) is 26.8 Å². The van der Waals surface area contributed by atoms with E-state index >= 15 is 0 Å². The van der Waals surface area contributed by atoms with Crippen LogP contribution in [0.2, 0.25) is 0 Å². The van der Waals surface area contributed by atoms with Crippen molar-refractivity contribution in [3.8, 4) is 0 Å². The molecule has 3 aromatic rings. The summed E-state index contributed by atoms with van der Waals surface area (Å²) in [6, 6.07) is 7.00. The Bertz CT molecular complexity index is 1160. The first kappa shape index (κ1) is 20.1. The summed E-state index contributed by atoms with van der Waals surface area (Å²) >= 11 is 0. The van der Waals surface area contributed by atoms with Crippen LogP contribution in [0.3, 0.4) is 0 Å². The van der Waals surface area contributed by atoms with Crippen LogP contribution in [0.5, 0.6) is 0 Å². The average molecular weight is 411 g/mol. The van der Waals surface area contributed by atoms with Gasteiger partial charge in [0.05, 0.1) is 5.39 Å². The minimum Gasteiger partial charge on any atom is -0.385 e. The summed E-state index contributed by atoms with van der Waals surface area (Å²) in [4.78, 5) is 44.1. The summed E-state index contributed by atoms with van der Waals surface area (Å²) in [6.45, 7) is 1.95. The quantitative estimate of drug-likeness (QED) is 0.609. The van der Waals surface area contributed by atoms with Gasteiger partial charge < -0.3 is 19.9 Å². The number of pyridine rings is 1. The molecule has 1 fully saturated rings. The van der Waals surface area contributed by atoms with E-state index in [2.05, 4.69) is 4.98 Å². The third kappa shape index (κ3) is 3.56. The maximum absolute atomic E-state index is 13.3. The molecule has 158 valence electrons. The largest absolute Gasteiger partial charge is 0.385 e. The number of carbonyl (C=O) groups excluding carboxylic acids is 2. The van der Waals surface area contributed by atoms with E-state index in [-0.39, 0.29) is 23.3 Å². The molecule has 1 aliphatic rings. The third-order valence-corrected chi connectivity index (χ3v) is 5.71. The Balaban J connectivity index is 1.76. The molecule has 0 bridgehead atoms. The van der Waals surface area contributed by atoms with Crippen LogP contribution < -0.4 is 11.3 Å². The first-order chi connectivity index (χ1) is 14.5. The molecule has 0 radical (unpaired) electrons. The van der Waals surface area contributed by atoms with Gasteiger partial charge >= 0.3 is 0 Å². The molecular formula is C21H25N5O4. The number of carbonyl (C=O) groups is 2. The van der Waals surface area contributed by atoms with Crippen molar-refractivity contribution < 1.29 is 14.3 Å². The van der Waals surface area contributed by atoms with E-state index in [1.54, 1.807) is 36.4 Å². The van der Waals surface area contributed by atoms with Gasteiger partial charge in [-0.2, -0.15) is 0 Å². The number of rotatable bonds is 6. The van der Waals surface area contributed by atoms with Gasteiger partial charge in [0, 0.05) is 45.5 Å². The van der Waals surface area contributed by atoms with Crippen LogP contribution in [0.1, 0.15) is 29.8 Å². The van der Waals surface area contributed by atoms with Crippen LogP contribution in [-0.2, 0) is 16.1 Å². The minimum absolute atomic E-state index is 0.165. The molecule has 0 aliphatic carbocycles. The lowest BCUT2D eigenvalue weighted by molar-refractivity contribution is -0.123. The fraction of sp³-hybridized carbons (Fsp3) is 0.429. The average Bonchev–Trinajstić information content (AvgIpc) is 3.12. The molecule has 3 aromatic heterocycles. The summed E-state index contributed by atoms with van der Waals surface area (Å²) in [5.74, 6) is -0.681. The Morgan fingerprint density at radius 2 is 2.03 bits per heavy atom. The summed E-state index contributed by atoms with van der Waals surface area (Å²) in [7, 11) is 1.63. The Morgan fingerprint density at radius 1 is 1.27 bits per heavy atom. The Morgan fingerprint density at radius 3 is 2.73 bits per heavy atom. The zero-order chi connectivity index (χ0) is 21.3. The molecule has 0 unspecified atom stereocenters. The smallest absolute Gasteiger partial charge is 0.270 e. The number of ether oxygens (including phenoxy) is 1. The van der Waals surface area contributed by atoms with Gasteiger partial charge in [-0.15, -0.1) is 0 Å².